The second-order valence-electron chi connectivity index (χ2n) is 12.5. The van der Waals surface area contributed by atoms with E-state index in [4.69, 9.17) is 4.42 Å². The first-order chi connectivity index (χ1) is 24.8. The van der Waals surface area contributed by atoms with Crippen molar-refractivity contribution in [1.82, 2.24) is 0 Å². The van der Waals surface area contributed by atoms with E-state index >= 15 is 0 Å². The van der Waals surface area contributed by atoms with Crippen molar-refractivity contribution in [2.75, 3.05) is 4.90 Å². The number of benzene rings is 8. The Morgan fingerprint density at radius 1 is 0.280 bits per heavy atom. The van der Waals surface area contributed by atoms with E-state index < -0.39 is 0 Å². The highest BCUT2D eigenvalue weighted by atomic mass is 16.3. The molecule has 9 aromatic rings. The molecule has 2 nitrogen and oxygen atoms in total. The fourth-order valence-electron chi connectivity index (χ4n) is 7.02. The van der Waals surface area contributed by atoms with Crippen molar-refractivity contribution in [1.29, 1.82) is 0 Å². The Labute approximate surface area is 292 Å². The Balaban J connectivity index is 1.16. The molecule has 0 bridgehead atoms. The predicted octanol–water partition coefficient (Wildman–Crippen LogP) is 13.7. The molecule has 0 N–H and O–H groups in total. The molecular formula is C48H33NO. The van der Waals surface area contributed by atoms with Crippen LogP contribution in [0.25, 0.3) is 66.4 Å². The van der Waals surface area contributed by atoms with E-state index in [2.05, 4.69) is 199 Å². The fraction of sp³-hybridized carbons (Fsp3) is 0. The molecule has 2 heteroatoms. The van der Waals surface area contributed by atoms with Crippen LogP contribution in [0, 0.1) is 0 Å². The van der Waals surface area contributed by atoms with Crippen LogP contribution < -0.4 is 4.90 Å². The number of hydrogen-bond acceptors (Lipinski definition) is 2. The van der Waals surface area contributed by atoms with Crippen LogP contribution >= 0.6 is 0 Å². The number of anilines is 3. The summed E-state index contributed by atoms with van der Waals surface area (Å²) >= 11 is 0. The van der Waals surface area contributed by atoms with Crippen molar-refractivity contribution in [3.8, 4) is 44.5 Å². The molecule has 1 aromatic heterocycles. The van der Waals surface area contributed by atoms with Gasteiger partial charge >= 0.3 is 0 Å². The summed E-state index contributed by atoms with van der Waals surface area (Å²) in [6.07, 6.45) is 0. The maximum atomic E-state index is 6.79. The first kappa shape index (κ1) is 29.5. The van der Waals surface area contributed by atoms with E-state index in [9.17, 15) is 0 Å². The van der Waals surface area contributed by atoms with Crippen LogP contribution in [-0.4, -0.2) is 0 Å². The van der Waals surface area contributed by atoms with Crippen molar-refractivity contribution in [2.45, 2.75) is 0 Å². The van der Waals surface area contributed by atoms with Gasteiger partial charge in [-0.1, -0.05) is 164 Å². The molecule has 9 rings (SSSR count). The lowest BCUT2D eigenvalue weighted by atomic mass is 9.99. The fourth-order valence-corrected chi connectivity index (χ4v) is 7.02. The SMILES string of the molecule is c1ccc(-c2ccc(N(c3ccc(-c4ccccc4)cc3)c3cccc(-c4cccc5c4oc4c(-c6ccccc6)cccc45)c3)cc2)cc1. The molecule has 0 saturated carbocycles. The predicted molar refractivity (Wildman–Crippen MR) is 210 cm³/mol. The smallest absolute Gasteiger partial charge is 0.143 e. The monoisotopic (exact) mass is 639 g/mol. The highest BCUT2D eigenvalue weighted by Crippen LogP contribution is 2.42. The Hall–Kier alpha value is -6.64. The van der Waals surface area contributed by atoms with Gasteiger partial charge in [-0.15, -0.1) is 0 Å². The quantitative estimate of drug-likeness (QED) is 0.173. The number of nitrogens with zero attached hydrogens (tertiary/aromatic N) is 1. The lowest BCUT2D eigenvalue weighted by Gasteiger charge is -2.26. The molecular weight excluding hydrogens is 607 g/mol. The van der Waals surface area contributed by atoms with E-state index in [1.165, 1.54) is 22.3 Å². The number of rotatable bonds is 7. The Kier molecular flexibility index (Phi) is 7.53. The van der Waals surface area contributed by atoms with Gasteiger partial charge in [-0.2, -0.15) is 0 Å². The second-order valence-corrected chi connectivity index (χ2v) is 12.5. The third-order valence-corrected chi connectivity index (χ3v) is 9.49. The summed E-state index contributed by atoms with van der Waals surface area (Å²) in [4.78, 5) is 2.33. The van der Waals surface area contributed by atoms with Gasteiger partial charge in [0.1, 0.15) is 11.2 Å². The van der Waals surface area contributed by atoms with Gasteiger partial charge in [0.15, 0.2) is 0 Å². The van der Waals surface area contributed by atoms with Crippen molar-refractivity contribution in [2.24, 2.45) is 0 Å². The summed E-state index contributed by atoms with van der Waals surface area (Å²) in [5.74, 6) is 0. The molecule has 0 aliphatic heterocycles. The molecule has 0 unspecified atom stereocenters. The summed E-state index contributed by atoms with van der Waals surface area (Å²) in [7, 11) is 0. The van der Waals surface area contributed by atoms with E-state index in [0.717, 1.165) is 61.3 Å². The topological polar surface area (TPSA) is 16.4 Å². The lowest BCUT2D eigenvalue weighted by Crippen LogP contribution is -2.10. The Morgan fingerprint density at radius 2 is 0.680 bits per heavy atom. The summed E-state index contributed by atoms with van der Waals surface area (Å²) in [6, 6.07) is 70.9. The van der Waals surface area contributed by atoms with E-state index in [1.807, 2.05) is 6.07 Å². The highest BCUT2D eigenvalue weighted by Gasteiger charge is 2.18. The number of furan rings is 1. The minimum absolute atomic E-state index is 0.897. The van der Waals surface area contributed by atoms with Crippen LogP contribution in [0.2, 0.25) is 0 Å². The first-order valence-corrected chi connectivity index (χ1v) is 17.0. The molecule has 236 valence electrons. The maximum Gasteiger partial charge on any atom is 0.143 e. The van der Waals surface area contributed by atoms with Crippen molar-refractivity contribution >= 4 is 39.0 Å². The van der Waals surface area contributed by atoms with Crippen molar-refractivity contribution < 1.29 is 4.42 Å². The largest absolute Gasteiger partial charge is 0.455 e. The average Bonchev–Trinajstić information content (AvgIpc) is 3.59. The van der Waals surface area contributed by atoms with E-state index in [1.54, 1.807) is 0 Å². The third kappa shape index (κ3) is 5.43. The van der Waals surface area contributed by atoms with Crippen LogP contribution in [0.1, 0.15) is 0 Å². The van der Waals surface area contributed by atoms with Crippen LogP contribution in [0.15, 0.2) is 205 Å². The number of fused-ring (bicyclic) bond motifs is 3. The van der Waals surface area contributed by atoms with Crippen LogP contribution in [0.4, 0.5) is 17.1 Å². The van der Waals surface area contributed by atoms with Crippen molar-refractivity contribution in [3.05, 3.63) is 200 Å². The summed E-state index contributed by atoms with van der Waals surface area (Å²) in [5.41, 5.74) is 14.2. The highest BCUT2D eigenvalue weighted by molar-refractivity contribution is 6.13. The average molecular weight is 640 g/mol. The zero-order valence-electron chi connectivity index (χ0n) is 27.4. The van der Waals surface area contributed by atoms with Crippen LogP contribution in [0.3, 0.4) is 0 Å². The number of hydrogen-bond donors (Lipinski definition) is 0. The Bertz CT molecular complexity index is 2470. The minimum atomic E-state index is 0.897. The summed E-state index contributed by atoms with van der Waals surface area (Å²) < 4.78 is 6.79. The maximum absolute atomic E-state index is 6.79. The zero-order valence-corrected chi connectivity index (χ0v) is 27.4. The van der Waals surface area contributed by atoms with Gasteiger partial charge in [0.2, 0.25) is 0 Å². The summed E-state index contributed by atoms with van der Waals surface area (Å²) in [5, 5.41) is 2.24. The van der Waals surface area contributed by atoms with Crippen molar-refractivity contribution in [3.63, 3.8) is 0 Å². The van der Waals surface area contributed by atoms with Gasteiger partial charge in [-0.25, -0.2) is 0 Å². The molecule has 0 amide bonds. The molecule has 0 fully saturated rings. The molecule has 0 aliphatic carbocycles. The minimum Gasteiger partial charge on any atom is -0.455 e. The number of para-hydroxylation sites is 2. The second kappa shape index (κ2) is 12.8. The standard InChI is InChI=1S/C48H33NO/c1-4-13-34(14-5-1)36-25-29-40(30-26-36)49(41-31-27-37(28-32-41)35-15-6-2-7-16-35)42-20-10-19-39(33-42)44-22-12-24-46-45-23-11-21-43(47(45)50-48(44)46)38-17-8-3-9-18-38/h1-33H. The summed E-state index contributed by atoms with van der Waals surface area (Å²) in [6.45, 7) is 0. The van der Waals surface area contributed by atoms with Gasteiger partial charge in [-0.05, 0) is 69.8 Å². The van der Waals surface area contributed by atoms with Crippen LogP contribution in [-0.2, 0) is 0 Å². The molecule has 0 spiro atoms. The molecule has 1 heterocycles. The van der Waals surface area contributed by atoms with Crippen LogP contribution in [0.5, 0.6) is 0 Å². The van der Waals surface area contributed by atoms with Gasteiger partial charge in [0, 0.05) is 39.0 Å². The van der Waals surface area contributed by atoms with Gasteiger partial charge in [0.05, 0.1) is 0 Å². The van der Waals surface area contributed by atoms with Gasteiger partial charge in [0.25, 0.3) is 0 Å². The van der Waals surface area contributed by atoms with E-state index in [0.29, 0.717) is 0 Å². The zero-order chi connectivity index (χ0) is 33.3. The lowest BCUT2D eigenvalue weighted by molar-refractivity contribution is 0.671. The molecule has 0 saturated heterocycles. The molecule has 50 heavy (non-hydrogen) atoms. The molecule has 8 aromatic carbocycles. The molecule has 0 radical (unpaired) electrons. The Morgan fingerprint density at radius 3 is 1.18 bits per heavy atom. The molecule has 0 atom stereocenters. The normalized spacial score (nSPS) is 11.2. The molecule has 0 aliphatic rings. The van der Waals surface area contributed by atoms with Gasteiger partial charge < -0.3 is 9.32 Å². The first-order valence-electron chi connectivity index (χ1n) is 17.0. The van der Waals surface area contributed by atoms with E-state index in [-0.39, 0.29) is 0 Å². The third-order valence-electron chi connectivity index (χ3n) is 9.49. The van der Waals surface area contributed by atoms with Gasteiger partial charge in [-0.3, -0.25) is 0 Å².